The summed E-state index contributed by atoms with van der Waals surface area (Å²) in [5.74, 6) is 3.65. The van der Waals surface area contributed by atoms with Gasteiger partial charge in [0.1, 0.15) is 22.7 Å². The molecule has 2 fully saturated rings. The molecule has 2 saturated heterocycles. The minimum atomic E-state index is 0.187. The van der Waals surface area contributed by atoms with Crippen LogP contribution in [-0.4, -0.2) is 125 Å². The molecule has 3 N–H and O–H groups in total. The van der Waals surface area contributed by atoms with Gasteiger partial charge in [-0.05, 0) is 50.0 Å². The molecular weight excluding hydrogens is 620 g/mol. The number of hydrogen-bond acceptors (Lipinski definition) is 12. The van der Waals surface area contributed by atoms with Gasteiger partial charge in [-0.1, -0.05) is 0 Å². The molecule has 2 aliphatic rings. The van der Waals surface area contributed by atoms with Crippen molar-refractivity contribution in [2.45, 2.75) is 0 Å². The first kappa shape index (κ1) is 32.2. The van der Waals surface area contributed by atoms with Crippen LogP contribution in [0.15, 0.2) is 61.7 Å². The third-order valence-electron chi connectivity index (χ3n) is 7.77. The Bertz CT molecular complexity index is 1880. The van der Waals surface area contributed by atoms with Crippen LogP contribution in [0.2, 0.25) is 5.28 Å². The third-order valence-corrected chi connectivity index (χ3v) is 7.93. The van der Waals surface area contributed by atoms with Crippen LogP contribution in [-0.2, 0) is 14.1 Å². The summed E-state index contributed by atoms with van der Waals surface area (Å²) in [6, 6.07) is 7.76. The van der Waals surface area contributed by atoms with Crippen molar-refractivity contribution in [1.82, 2.24) is 63.4 Å². The first-order chi connectivity index (χ1) is 22.8. The number of imidazole rings is 2. The van der Waals surface area contributed by atoms with Crippen LogP contribution in [0.1, 0.15) is 0 Å². The van der Waals surface area contributed by atoms with Crippen molar-refractivity contribution in [1.29, 1.82) is 0 Å². The van der Waals surface area contributed by atoms with Crippen LogP contribution >= 0.6 is 11.6 Å². The zero-order valence-corrected chi connectivity index (χ0v) is 27.9. The molecule has 0 bridgehead atoms. The summed E-state index contributed by atoms with van der Waals surface area (Å²) in [5, 5.41) is 18.6. The maximum atomic E-state index is 5.84. The highest BCUT2D eigenvalue weighted by molar-refractivity contribution is 6.28. The maximum absolute atomic E-state index is 5.84. The summed E-state index contributed by atoms with van der Waals surface area (Å²) < 4.78 is 7.28. The quantitative estimate of drug-likeness (QED) is 0.250. The summed E-state index contributed by atoms with van der Waals surface area (Å²) in [4.78, 5) is 24.3. The molecule has 8 heterocycles. The highest BCUT2D eigenvalue weighted by Crippen LogP contribution is 2.22. The van der Waals surface area contributed by atoms with Crippen molar-refractivity contribution < 1.29 is 0 Å². The Morgan fingerprint density at radius 1 is 0.681 bits per heavy atom. The van der Waals surface area contributed by atoms with Crippen molar-refractivity contribution in [2.75, 3.05) is 82.0 Å². The third kappa shape index (κ3) is 8.34. The molecule has 17 heteroatoms. The second-order valence-corrected chi connectivity index (χ2v) is 11.9. The maximum Gasteiger partial charge on any atom is 0.245 e. The smallest absolute Gasteiger partial charge is 0.245 e. The summed E-state index contributed by atoms with van der Waals surface area (Å²) in [5.41, 5.74) is 1.79. The summed E-state index contributed by atoms with van der Waals surface area (Å²) in [6.07, 6.45) is 11.0. The van der Waals surface area contributed by atoms with Gasteiger partial charge in [-0.2, -0.15) is 9.97 Å². The van der Waals surface area contributed by atoms with Crippen LogP contribution < -0.4 is 20.9 Å². The number of likely N-dealkylation sites (N-methyl/N-ethyl adjacent to an activating group) is 2. The molecule has 0 saturated carbocycles. The lowest BCUT2D eigenvalue weighted by Gasteiger charge is -2.32. The zero-order valence-electron chi connectivity index (χ0n) is 27.1. The van der Waals surface area contributed by atoms with Crippen LogP contribution in [0.25, 0.3) is 11.0 Å². The van der Waals surface area contributed by atoms with E-state index in [2.05, 4.69) is 69.9 Å². The van der Waals surface area contributed by atoms with E-state index in [4.69, 9.17) is 16.6 Å². The molecule has 0 unspecified atom stereocenters. The van der Waals surface area contributed by atoms with Crippen LogP contribution in [0, 0.1) is 0 Å². The van der Waals surface area contributed by atoms with Crippen molar-refractivity contribution in [3.63, 3.8) is 0 Å². The Labute approximate surface area is 278 Å². The van der Waals surface area contributed by atoms with Gasteiger partial charge in [0.2, 0.25) is 11.2 Å². The Morgan fingerprint density at radius 3 is 1.72 bits per heavy atom. The lowest BCUT2D eigenvalue weighted by atomic mass is 10.3. The molecule has 0 amide bonds. The van der Waals surface area contributed by atoms with Crippen molar-refractivity contribution in [3.05, 3.63) is 67.0 Å². The predicted octanol–water partition coefficient (Wildman–Crippen LogP) is 2.34. The number of halogens is 1. The SMILES string of the molecule is CN1CCN(c2nc(Nc3cn(C)cn3)c3cccn3n2)CC1.CN1CCNCC1.Cn1cnc(Nc2nc(Cl)nn3cccc23)c1. The van der Waals surface area contributed by atoms with E-state index in [0.29, 0.717) is 11.6 Å². The van der Waals surface area contributed by atoms with Gasteiger partial charge in [-0.15, -0.1) is 10.2 Å². The molecule has 8 rings (SSSR count). The number of nitrogens with zero attached hydrogens (tertiary/aromatic N) is 13. The second-order valence-electron chi connectivity index (χ2n) is 11.6. The van der Waals surface area contributed by atoms with Gasteiger partial charge in [0.05, 0.1) is 12.7 Å². The normalized spacial score (nSPS) is 15.6. The molecule has 0 aromatic carbocycles. The van der Waals surface area contributed by atoms with E-state index in [9.17, 15) is 0 Å². The molecule has 0 radical (unpaired) electrons. The first-order valence-electron chi connectivity index (χ1n) is 15.5. The van der Waals surface area contributed by atoms with Gasteiger partial charge in [0, 0.05) is 91.2 Å². The summed E-state index contributed by atoms with van der Waals surface area (Å²) in [6.45, 7) is 8.66. The van der Waals surface area contributed by atoms with Crippen LogP contribution in [0.4, 0.5) is 29.2 Å². The van der Waals surface area contributed by atoms with Crippen molar-refractivity contribution in [3.8, 4) is 0 Å². The van der Waals surface area contributed by atoms with E-state index in [1.54, 1.807) is 17.2 Å². The van der Waals surface area contributed by atoms with E-state index in [1.165, 1.54) is 13.1 Å². The molecule has 6 aromatic heterocycles. The minimum Gasteiger partial charge on any atom is -0.338 e. The number of fused-ring (bicyclic) bond motifs is 2. The fourth-order valence-electron chi connectivity index (χ4n) is 5.13. The highest BCUT2D eigenvalue weighted by atomic mass is 35.5. The van der Waals surface area contributed by atoms with E-state index in [1.807, 2.05) is 76.8 Å². The average Bonchev–Trinajstić information content (AvgIpc) is 3.88. The second kappa shape index (κ2) is 14.8. The number of rotatable bonds is 5. The van der Waals surface area contributed by atoms with E-state index in [0.717, 1.165) is 67.9 Å². The van der Waals surface area contributed by atoms with Gasteiger partial charge in [-0.25, -0.2) is 19.0 Å². The molecule has 0 atom stereocenters. The molecule has 6 aromatic rings. The number of aryl methyl sites for hydroxylation is 2. The Balaban J connectivity index is 0.000000141. The lowest BCUT2D eigenvalue weighted by Crippen LogP contribution is -2.45. The van der Waals surface area contributed by atoms with E-state index < -0.39 is 0 Å². The molecule has 0 spiro atoms. The lowest BCUT2D eigenvalue weighted by molar-refractivity contribution is 0.291. The van der Waals surface area contributed by atoms with Gasteiger partial charge in [0.15, 0.2) is 11.6 Å². The zero-order chi connectivity index (χ0) is 32.8. The standard InChI is InChI=1S/C15H20N8.C10H9ClN6.C5H12N2/c1-20-6-8-22(9-7-20)15-18-14(12-4-3-5-23(12)19-15)17-13-10-21(2)11-16-13;1-16-5-8(12-6-16)13-9-7-3-2-4-17(7)15-10(11)14-9;1-7-4-2-6-3-5-7/h3-5,10-11H,6-9H2,1-2H3,(H,17,18,19);2-6H,1H3,(H,13,14,15);6H,2-5H2,1H3. The number of anilines is 5. The van der Waals surface area contributed by atoms with Gasteiger partial charge >= 0.3 is 0 Å². The Kier molecular flexibility index (Phi) is 10.1. The van der Waals surface area contributed by atoms with Gasteiger partial charge in [0.25, 0.3) is 0 Å². The number of hydrogen-bond donors (Lipinski definition) is 3. The summed E-state index contributed by atoms with van der Waals surface area (Å²) in [7, 11) is 8.14. The first-order valence-corrected chi connectivity index (χ1v) is 15.9. The topological polar surface area (TPSA) is 142 Å². The number of nitrogens with one attached hydrogen (secondary N) is 3. The van der Waals surface area contributed by atoms with E-state index in [-0.39, 0.29) is 5.28 Å². The number of aromatic nitrogens is 10. The van der Waals surface area contributed by atoms with Crippen LogP contribution in [0.3, 0.4) is 0 Å². The van der Waals surface area contributed by atoms with Crippen molar-refractivity contribution >= 4 is 51.9 Å². The largest absolute Gasteiger partial charge is 0.338 e. The molecule has 0 aliphatic carbocycles. The monoisotopic (exact) mass is 660 g/mol. The number of piperazine rings is 2. The average molecular weight is 661 g/mol. The molecular formula is C30H41ClN16. The predicted molar refractivity (Wildman–Crippen MR) is 184 cm³/mol. The van der Waals surface area contributed by atoms with Crippen LogP contribution in [0.5, 0.6) is 0 Å². The molecule has 248 valence electrons. The molecule has 2 aliphatic heterocycles. The summed E-state index contributed by atoms with van der Waals surface area (Å²) >= 11 is 5.84. The highest BCUT2D eigenvalue weighted by Gasteiger charge is 2.19. The molecule has 16 nitrogen and oxygen atoms in total. The molecule has 47 heavy (non-hydrogen) atoms. The van der Waals surface area contributed by atoms with Crippen molar-refractivity contribution in [2.24, 2.45) is 14.1 Å². The van der Waals surface area contributed by atoms with Gasteiger partial charge in [-0.3, -0.25) is 0 Å². The Hall–Kier alpha value is -4.77. The fourth-order valence-corrected chi connectivity index (χ4v) is 5.30. The Morgan fingerprint density at radius 2 is 1.21 bits per heavy atom. The minimum absolute atomic E-state index is 0.187. The fraction of sp³-hybridized carbons (Fsp3) is 0.400. The van der Waals surface area contributed by atoms with Gasteiger partial charge < -0.3 is 39.8 Å². The van der Waals surface area contributed by atoms with E-state index >= 15 is 0 Å².